The van der Waals surface area contributed by atoms with Crippen molar-refractivity contribution in [2.45, 2.75) is 0 Å². The number of hydrogen-bond acceptors (Lipinski definition) is 5. The van der Waals surface area contributed by atoms with Crippen LogP contribution in [-0.4, -0.2) is 28.6 Å². The summed E-state index contributed by atoms with van der Waals surface area (Å²) >= 11 is 1.44. The van der Waals surface area contributed by atoms with Gasteiger partial charge in [0.2, 0.25) is 0 Å². The zero-order chi connectivity index (χ0) is 21.1. The second kappa shape index (κ2) is 8.30. The third-order valence-corrected chi connectivity index (χ3v) is 5.30. The molecule has 0 unspecified atom stereocenters. The van der Waals surface area contributed by atoms with E-state index in [1.165, 1.54) is 35.6 Å². The maximum absolute atomic E-state index is 13.9. The van der Waals surface area contributed by atoms with E-state index in [0.717, 1.165) is 10.2 Å². The van der Waals surface area contributed by atoms with E-state index in [2.05, 4.69) is 10.3 Å². The number of para-hydroxylation sites is 1. The number of rotatable bonds is 6. The minimum absolute atomic E-state index is 0.0965. The van der Waals surface area contributed by atoms with Gasteiger partial charge in [-0.1, -0.05) is 24.3 Å². The van der Waals surface area contributed by atoms with Crippen molar-refractivity contribution in [2.75, 3.05) is 11.9 Å². The highest BCUT2D eigenvalue weighted by Gasteiger charge is 2.16. The van der Waals surface area contributed by atoms with Crippen LogP contribution in [0.1, 0.15) is 10.4 Å². The summed E-state index contributed by atoms with van der Waals surface area (Å²) in [4.78, 5) is 28.0. The van der Waals surface area contributed by atoms with Crippen molar-refractivity contribution < 1.29 is 23.8 Å². The number of benzene rings is 3. The molecule has 0 atom stereocenters. The fourth-order valence-corrected chi connectivity index (χ4v) is 3.86. The first kappa shape index (κ1) is 19.5. The summed E-state index contributed by atoms with van der Waals surface area (Å²) < 4.78 is 20.3. The Kier molecular flexibility index (Phi) is 5.40. The molecule has 1 amide bonds. The van der Waals surface area contributed by atoms with Gasteiger partial charge in [0.1, 0.15) is 16.6 Å². The SMILES string of the molecule is O=C(O)COc1cc(NC(=O)c2ccccc2F)ccc1-c1nc2ccccc2s1. The van der Waals surface area contributed by atoms with E-state index in [1.807, 2.05) is 24.3 Å². The Hall–Kier alpha value is -3.78. The maximum Gasteiger partial charge on any atom is 0.341 e. The van der Waals surface area contributed by atoms with Gasteiger partial charge in [0.25, 0.3) is 5.91 Å². The van der Waals surface area contributed by atoms with Crippen LogP contribution in [0.25, 0.3) is 20.8 Å². The van der Waals surface area contributed by atoms with E-state index in [9.17, 15) is 14.0 Å². The largest absolute Gasteiger partial charge is 0.481 e. The molecule has 4 aromatic rings. The predicted octanol–water partition coefficient (Wildman–Crippen LogP) is 4.82. The van der Waals surface area contributed by atoms with Crippen LogP contribution < -0.4 is 10.1 Å². The molecule has 0 fully saturated rings. The zero-order valence-corrected chi connectivity index (χ0v) is 16.3. The summed E-state index contributed by atoms with van der Waals surface area (Å²) in [5.74, 6) is -2.14. The van der Waals surface area contributed by atoms with E-state index >= 15 is 0 Å². The third kappa shape index (κ3) is 4.13. The van der Waals surface area contributed by atoms with Crippen molar-refractivity contribution in [1.82, 2.24) is 4.98 Å². The summed E-state index contributed by atoms with van der Waals surface area (Å²) in [6, 6.07) is 18.1. The number of carbonyl (C=O) groups excluding carboxylic acids is 1. The molecule has 4 rings (SSSR count). The standard InChI is InChI=1S/C22H15FN2O4S/c23-16-6-2-1-5-14(16)21(28)24-13-9-10-15(18(11-13)29-12-20(26)27)22-25-17-7-3-4-8-19(17)30-22/h1-11H,12H2,(H,24,28)(H,26,27). The minimum Gasteiger partial charge on any atom is -0.481 e. The van der Waals surface area contributed by atoms with Gasteiger partial charge in [-0.05, 0) is 36.4 Å². The maximum atomic E-state index is 13.9. The molecule has 8 heteroatoms. The number of carboxylic acid groups (broad SMARTS) is 1. The third-order valence-electron chi connectivity index (χ3n) is 4.23. The molecule has 0 bridgehead atoms. The highest BCUT2D eigenvalue weighted by molar-refractivity contribution is 7.21. The number of anilines is 1. The molecule has 2 N–H and O–H groups in total. The van der Waals surface area contributed by atoms with Gasteiger partial charge in [0, 0.05) is 11.8 Å². The molecular weight excluding hydrogens is 407 g/mol. The molecule has 30 heavy (non-hydrogen) atoms. The lowest BCUT2D eigenvalue weighted by atomic mass is 10.1. The molecular formula is C22H15FN2O4S. The zero-order valence-electron chi connectivity index (χ0n) is 15.5. The Balaban J connectivity index is 1.68. The van der Waals surface area contributed by atoms with E-state index < -0.39 is 24.3 Å². The molecule has 3 aromatic carbocycles. The number of fused-ring (bicyclic) bond motifs is 1. The molecule has 150 valence electrons. The monoisotopic (exact) mass is 422 g/mol. The number of ether oxygens (including phenoxy) is 1. The van der Waals surface area contributed by atoms with Gasteiger partial charge in [-0.15, -0.1) is 11.3 Å². The molecule has 0 saturated carbocycles. The number of aliphatic carboxylic acids is 1. The van der Waals surface area contributed by atoms with Crippen LogP contribution in [0.4, 0.5) is 10.1 Å². The molecule has 0 aliphatic rings. The molecule has 6 nitrogen and oxygen atoms in total. The van der Waals surface area contributed by atoms with Gasteiger partial charge >= 0.3 is 5.97 Å². The smallest absolute Gasteiger partial charge is 0.341 e. The van der Waals surface area contributed by atoms with Crippen LogP contribution in [0, 0.1) is 5.82 Å². The molecule has 0 aliphatic carbocycles. The number of hydrogen-bond donors (Lipinski definition) is 2. The van der Waals surface area contributed by atoms with E-state index in [-0.39, 0.29) is 11.3 Å². The lowest BCUT2D eigenvalue weighted by molar-refractivity contribution is -0.139. The van der Waals surface area contributed by atoms with Crippen LogP contribution in [0.5, 0.6) is 5.75 Å². The number of nitrogens with zero attached hydrogens (tertiary/aromatic N) is 1. The molecule has 0 radical (unpaired) electrons. The van der Waals surface area contributed by atoms with Gasteiger partial charge in [0.15, 0.2) is 6.61 Å². The highest BCUT2D eigenvalue weighted by atomic mass is 32.1. The quantitative estimate of drug-likeness (QED) is 0.465. The van der Waals surface area contributed by atoms with Crippen molar-refractivity contribution in [1.29, 1.82) is 0 Å². The Labute approximate surface area is 174 Å². The predicted molar refractivity (Wildman–Crippen MR) is 113 cm³/mol. The Morgan fingerprint density at radius 1 is 1.07 bits per heavy atom. The molecule has 0 aliphatic heterocycles. The van der Waals surface area contributed by atoms with Crippen molar-refractivity contribution in [3.8, 4) is 16.3 Å². The van der Waals surface area contributed by atoms with Crippen molar-refractivity contribution >= 4 is 39.1 Å². The number of amides is 1. The number of halogens is 1. The molecule has 0 spiro atoms. The first-order valence-corrected chi connectivity index (χ1v) is 9.73. The normalized spacial score (nSPS) is 10.7. The van der Waals surface area contributed by atoms with Gasteiger partial charge < -0.3 is 15.2 Å². The van der Waals surface area contributed by atoms with Gasteiger partial charge in [0.05, 0.1) is 21.3 Å². The van der Waals surface area contributed by atoms with E-state index in [0.29, 0.717) is 16.3 Å². The number of nitrogens with one attached hydrogen (secondary N) is 1. The van der Waals surface area contributed by atoms with Gasteiger partial charge in [-0.25, -0.2) is 14.2 Å². The number of thiazole rings is 1. The summed E-state index contributed by atoms with van der Waals surface area (Å²) in [6.45, 7) is -0.553. The average Bonchev–Trinajstić information content (AvgIpc) is 3.16. The number of carbonyl (C=O) groups is 2. The minimum atomic E-state index is -1.13. The molecule has 1 heterocycles. The first-order valence-electron chi connectivity index (χ1n) is 8.92. The van der Waals surface area contributed by atoms with Gasteiger partial charge in [-0.3, -0.25) is 4.79 Å². The van der Waals surface area contributed by atoms with Crippen LogP contribution >= 0.6 is 11.3 Å². The van der Waals surface area contributed by atoms with Crippen LogP contribution in [0.15, 0.2) is 66.7 Å². The summed E-state index contributed by atoms with van der Waals surface area (Å²) in [7, 11) is 0. The van der Waals surface area contributed by atoms with Crippen LogP contribution in [0.3, 0.4) is 0 Å². The Morgan fingerprint density at radius 3 is 2.60 bits per heavy atom. The average molecular weight is 422 g/mol. The molecule has 0 saturated heterocycles. The second-order valence-corrected chi connectivity index (χ2v) is 7.34. The highest BCUT2D eigenvalue weighted by Crippen LogP contribution is 2.37. The first-order chi connectivity index (χ1) is 14.5. The fraction of sp³-hybridized carbons (Fsp3) is 0.0455. The summed E-state index contributed by atoms with van der Waals surface area (Å²) in [5.41, 5.74) is 1.66. The van der Waals surface area contributed by atoms with Crippen molar-refractivity contribution in [3.63, 3.8) is 0 Å². The lowest BCUT2D eigenvalue weighted by Crippen LogP contribution is -2.14. The summed E-state index contributed by atoms with van der Waals surface area (Å²) in [6.07, 6.45) is 0. The van der Waals surface area contributed by atoms with Crippen molar-refractivity contribution in [3.05, 3.63) is 78.1 Å². The Morgan fingerprint density at radius 2 is 1.83 bits per heavy atom. The number of carboxylic acids is 1. The Bertz CT molecular complexity index is 1220. The van der Waals surface area contributed by atoms with Crippen LogP contribution in [-0.2, 0) is 4.79 Å². The lowest BCUT2D eigenvalue weighted by Gasteiger charge is -2.12. The molecule has 1 aromatic heterocycles. The topological polar surface area (TPSA) is 88.5 Å². The van der Waals surface area contributed by atoms with Crippen molar-refractivity contribution in [2.24, 2.45) is 0 Å². The van der Waals surface area contributed by atoms with Crippen LogP contribution in [0.2, 0.25) is 0 Å². The van der Waals surface area contributed by atoms with E-state index in [4.69, 9.17) is 9.84 Å². The summed E-state index contributed by atoms with van der Waals surface area (Å²) in [5, 5.41) is 12.3. The van der Waals surface area contributed by atoms with E-state index in [1.54, 1.807) is 18.2 Å². The van der Waals surface area contributed by atoms with Gasteiger partial charge in [-0.2, -0.15) is 0 Å². The second-order valence-electron chi connectivity index (χ2n) is 6.31. The number of aromatic nitrogens is 1. The fourth-order valence-electron chi connectivity index (χ4n) is 2.87.